The van der Waals surface area contributed by atoms with Crippen LogP contribution in [0.25, 0.3) is 6.08 Å². The summed E-state index contributed by atoms with van der Waals surface area (Å²) in [5.74, 6) is 0.256. The van der Waals surface area contributed by atoms with Gasteiger partial charge in [-0.15, -0.1) is 0 Å². The molecule has 2 aliphatic heterocycles. The van der Waals surface area contributed by atoms with Gasteiger partial charge >= 0.3 is 6.03 Å². The topological polar surface area (TPSA) is 86.1 Å². The Kier molecular flexibility index (Phi) is 7.01. The SMILES string of the molecule is O=C(CC[C@@H]1NC(=O)N(Cc2ccco2)C1=O)N1CCN(C/C=C/c2ccccc2)CC1. The molecule has 0 bridgehead atoms. The van der Waals surface area contributed by atoms with Crippen molar-refractivity contribution in [2.75, 3.05) is 32.7 Å². The Balaban J connectivity index is 1.18. The molecule has 0 saturated carbocycles. The Bertz CT molecular complexity index is 950. The smallest absolute Gasteiger partial charge is 0.325 e. The van der Waals surface area contributed by atoms with E-state index in [0.29, 0.717) is 25.3 Å². The second-order valence-corrected chi connectivity index (χ2v) is 8.04. The van der Waals surface area contributed by atoms with Crippen molar-refractivity contribution in [2.24, 2.45) is 0 Å². The second-order valence-electron chi connectivity index (χ2n) is 8.04. The molecule has 168 valence electrons. The summed E-state index contributed by atoms with van der Waals surface area (Å²) in [6.07, 6.45) is 6.30. The van der Waals surface area contributed by atoms with Crippen molar-refractivity contribution in [3.63, 3.8) is 0 Å². The number of carbonyl (C=O) groups excluding carboxylic acids is 3. The highest BCUT2D eigenvalue weighted by atomic mass is 16.3. The molecule has 3 heterocycles. The van der Waals surface area contributed by atoms with E-state index in [9.17, 15) is 14.4 Å². The lowest BCUT2D eigenvalue weighted by molar-refractivity contribution is -0.133. The predicted octanol–water partition coefficient (Wildman–Crippen LogP) is 2.34. The van der Waals surface area contributed by atoms with Crippen LogP contribution in [0.3, 0.4) is 0 Å². The summed E-state index contributed by atoms with van der Waals surface area (Å²) in [6.45, 7) is 3.94. The standard InChI is InChI=1S/C24H28N4O4/c29-22(11-10-21-23(30)28(24(31)25-21)18-20-9-5-17-32-20)27-15-13-26(14-16-27)12-4-8-19-6-2-1-3-7-19/h1-9,17,21H,10-16,18H2,(H,25,31)/b8-4+/t21-/m0/s1. The fourth-order valence-corrected chi connectivity index (χ4v) is 3.99. The number of amides is 4. The van der Waals surface area contributed by atoms with Crippen LogP contribution in [0.4, 0.5) is 4.79 Å². The van der Waals surface area contributed by atoms with E-state index < -0.39 is 12.1 Å². The zero-order valence-electron chi connectivity index (χ0n) is 18.0. The Morgan fingerprint density at radius 1 is 1.06 bits per heavy atom. The molecular weight excluding hydrogens is 408 g/mol. The minimum atomic E-state index is -0.661. The van der Waals surface area contributed by atoms with Crippen molar-refractivity contribution in [1.82, 2.24) is 20.0 Å². The minimum absolute atomic E-state index is 0.0241. The lowest BCUT2D eigenvalue weighted by Gasteiger charge is -2.34. The number of hydrogen-bond acceptors (Lipinski definition) is 5. The fourth-order valence-electron chi connectivity index (χ4n) is 3.99. The maximum atomic E-state index is 12.6. The minimum Gasteiger partial charge on any atom is -0.467 e. The van der Waals surface area contributed by atoms with Gasteiger partial charge in [0.15, 0.2) is 0 Å². The van der Waals surface area contributed by atoms with Gasteiger partial charge in [-0.05, 0) is 24.1 Å². The van der Waals surface area contributed by atoms with Crippen molar-refractivity contribution < 1.29 is 18.8 Å². The summed E-state index contributed by atoms with van der Waals surface area (Å²) in [6, 6.07) is 12.5. The largest absolute Gasteiger partial charge is 0.467 e. The number of hydrogen-bond donors (Lipinski definition) is 1. The monoisotopic (exact) mass is 436 g/mol. The molecule has 1 atom stereocenters. The fraction of sp³-hybridized carbons (Fsp3) is 0.375. The van der Waals surface area contributed by atoms with Crippen LogP contribution >= 0.6 is 0 Å². The normalized spacial score (nSPS) is 19.7. The van der Waals surface area contributed by atoms with Crippen LogP contribution in [0, 0.1) is 0 Å². The molecule has 2 aliphatic rings. The van der Waals surface area contributed by atoms with Crippen LogP contribution in [0.1, 0.15) is 24.2 Å². The number of rotatable bonds is 8. The molecule has 2 saturated heterocycles. The van der Waals surface area contributed by atoms with Gasteiger partial charge in [0.2, 0.25) is 5.91 Å². The van der Waals surface area contributed by atoms with Crippen LogP contribution in [0.15, 0.2) is 59.2 Å². The second kappa shape index (κ2) is 10.3. The third-order valence-electron chi connectivity index (χ3n) is 5.85. The van der Waals surface area contributed by atoms with Gasteiger partial charge in [0.1, 0.15) is 11.8 Å². The Labute approximate surface area is 187 Å². The highest BCUT2D eigenvalue weighted by molar-refractivity contribution is 6.04. The van der Waals surface area contributed by atoms with Gasteiger partial charge in [0.25, 0.3) is 5.91 Å². The maximum absolute atomic E-state index is 12.6. The maximum Gasteiger partial charge on any atom is 0.325 e. The zero-order valence-corrected chi connectivity index (χ0v) is 18.0. The molecule has 2 fully saturated rings. The Morgan fingerprint density at radius 2 is 1.84 bits per heavy atom. The number of nitrogens with one attached hydrogen (secondary N) is 1. The molecule has 32 heavy (non-hydrogen) atoms. The van der Waals surface area contributed by atoms with Crippen LogP contribution in [-0.4, -0.2) is 71.3 Å². The first-order chi connectivity index (χ1) is 15.6. The average molecular weight is 437 g/mol. The van der Waals surface area contributed by atoms with Crippen molar-refractivity contribution in [2.45, 2.75) is 25.4 Å². The molecule has 0 spiro atoms. The highest BCUT2D eigenvalue weighted by Crippen LogP contribution is 2.16. The van der Waals surface area contributed by atoms with E-state index >= 15 is 0 Å². The molecular formula is C24H28N4O4. The van der Waals surface area contributed by atoms with E-state index in [0.717, 1.165) is 24.5 Å². The average Bonchev–Trinajstić information content (AvgIpc) is 3.42. The highest BCUT2D eigenvalue weighted by Gasteiger charge is 2.38. The van der Waals surface area contributed by atoms with E-state index in [1.54, 1.807) is 12.1 Å². The first kappa shape index (κ1) is 21.8. The Hall–Kier alpha value is -3.39. The van der Waals surface area contributed by atoms with Gasteiger partial charge < -0.3 is 14.6 Å². The van der Waals surface area contributed by atoms with Gasteiger partial charge in [-0.3, -0.25) is 19.4 Å². The molecule has 1 aromatic carbocycles. The van der Waals surface area contributed by atoms with Crippen molar-refractivity contribution in [3.05, 3.63) is 66.1 Å². The third kappa shape index (κ3) is 5.45. The van der Waals surface area contributed by atoms with E-state index in [2.05, 4.69) is 34.5 Å². The van der Waals surface area contributed by atoms with E-state index in [1.165, 1.54) is 11.8 Å². The lowest BCUT2D eigenvalue weighted by Crippen LogP contribution is -2.48. The van der Waals surface area contributed by atoms with Crippen LogP contribution in [0.5, 0.6) is 0 Å². The number of nitrogens with zero attached hydrogens (tertiary/aromatic N) is 3. The molecule has 4 amide bonds. The molecule has 2 aromatic rings. The molecule has 1 N–H and O–H groups in total. The molecule has 0 aliphatic carbocycles. The van der Waals surface area contributed by atoms with Gasteiger partial charge in [-0.25, -0.2) is 4.79 Å². The summed E-state index contributed by atoms with van der Waals surface area (Å²) >= 11 is 0. The van der Waals surface area contributed by atoms with E-state index in [4.69, 9.17) is 4.42 Å². The molecule has 8 heteroatoms. The number of benzene rings is 1. The molecule has 0 radical (unpaired) electrons. The first-order valence-corrected chi connectivity index (χ1v) is 11.0. The number of imide groups is 1. The molecule has 0 unspecified atom stereocenters. The third-order valence-corrected chi connectivity index (χ3v) is 5.85. The van der Waals surface area contributed by atoms with Gasteiger partial charge in [-0.1, -0.05) is 42.5 Å². The number of piperazine rings is 1. The molecule has 8 nitrogen and oxygen atoms in total. The van der Waals surface area contributed by atoms with Crippen molar-refractivity contribution in [3.8, 4) is 0 Å². The summed E-state index contributed by atoms with van der Waals surface area (Å²) in [4.78, 5) is 42.6. The molecule has 1 aromatic heterocycles. The van der Waals surface area contributed by atoms with Gasteiger partial charge in [0.05, 0.1) is 12.8 Å². The summed E-state index contributed by atoms with van der Waals surface area (Å²) in [5, 5.41) is 2.68. The summed E-state index contributed by atoms with van der Waals surface area (Å²) in [7, 11) is 0. The zero-order chi connectivity index (χ0) is 22.3. The number of furan rings is 1. The van der Waals surface area contributed by atoms with Gasteiger partial charge in [-0.2, -0.15) is 0 Å². The Morgan fingerprint density at radius 3 is 2.56 bits per heavy atom. The van der Waals surface area contributed by atoms with Crippen LogP contribution < -0.4 is 5.32 Å². The van der Waals surface area contributed by atoms with Crippen LogP contribution in [0.2, 0.25) is 0 Å². The lowest BCUT2D eigenvalue weighted by atomic mass is 10.1. The summed E-state index contributed by atoms with van der Waals surface area (Å²) in [5.41, 5.74) is 1.18. The van der Waals surface area contributed by atoms with Crippen LogP contribution in [-0.2, 0) is 16.1 Å². The van der Waals surface area contributed by atoms with Gasteiger partial charge in [0, 0.05) is 39.1 Å². The van der Waals surface area contributed by atoms with E-state index in [-0.39, 0.29) is 24.8 Å². The van der Waals surface area contributed by atoms with Crippen molar-refractivity contribution >= 4 is 23.9 Å². The first-order valence-electron chi connectivity index (χ1n) is 11.0. The predicted molar refractivity (Wildman–Crippen MR) is 119 cm³/mol. The quantitative estimate of drug-likeness (QED) is 0.642. The van der Waals surface area contributed by atoms with Crippen molar-refractivity contribution in [1.29, 1.82) is 0 Å². The summed E-state index contributed by atoms with van der Waals surface area (Å²) < 4.78 is 5.22. The number of carbonyl (C=O) groups is 3. The molecule has 4 rings (SSSR count). The van der Waals surface area contributed by atoms with E-state index in [1.807, 2.05) is 23.1 Å². The number of urea groups is 1.